The minimum absolute atomic E-state index is 0.184. The molecule has 0 fully saturated rings. The lowest BCUT2D eigenvalue weighted by Gasteiger charge is -2.12. The molecule has 30 heavy (non-hydrogen) atoms. The van der Waals surface area contributed by atoms with Crippen LogP contribution in [0.2, 0.25) is 0 Å². The molecule has 8 heteroatoms. The number of halogens is 1. The van der Waals surface area contributed by atoms with Gasteiger partial charge < -0.3 is 14.5 Å². The lowest BCUT2D eigenvalue weighted by atomic mass is 10.1. The van der Waals surface area contributed by atoms with Crippen molar-refractivity contribution >= 4 is 21.4 Å². The lowest BCUT2D eigenvalue weighted by Crippen LogP contribution is -2.08. The highest BCUT2D eigenvalue weighted by Gasteiger charge is 2.14. The summed E-state index contributed by atoms with van der Waals surface area (Å²) in [5, 5.41) is 2.98. The maximum Gasteiger partial charge on any atom is 0.299 e. The van der Waals surface area contributed by atoms with Crippen molar-refractivity contribution in [1.82, 2.24) is 4.98 Å². The summed E-state index contributed by atoms with van der Waals surface area (Å²) in [6.45, 7) is 9.56. The van der Waals surface area contributed by atoms with Gasteiger partial charge in [0.25, 0.3) is 6.01 Å². The third-order valence-electron chi connectivity index (χ3n) is 3.67. The minimum atomic E-state index is -3.22. The van der Waals surface area contributed by atoms with Crippen LogP contribution in [0.3, 0.4) is 0 Å². The van der Waals surface area contributed by atoms with Crippen LogP contribution in [0.25, 0.3) is 5.57 Å². The highest BCUT2D eigenvalue weighted by molar-refractivity contribution is 7.90. The summed E-state index contributed by atoms with van der Waals surface area (Å²) in [5.74, 6) is 0.440. The predicted molar refractivity (Wildman–Crippen MR) is 120 cm³/mol. The van der Waals surface area contributed by atoms with Crippen molar-refractivity contribution in [1.29, 1.82) is 0 Å². The van der Waals surface area contributed by atoms with Gasteiger partial charge in [0.1, 0.15) is 11.6 Å². The fourth-order valence-electron chi connectivity index (χ4n) is 2.52. The number of rotatable bonds is 8. The van der Waals surface area contributed by atoms with Crippen molar-refractivity contribution in [2.45, 2.75) is 27.2 Å². The van der Waals surface area contributed by atoms with Crippen molar-refractivity contribution in [2.24, 2.45) is 0 Å². The molecule has 0 unspecified atom stereocenters. The second-order valence-electron chi connectivity index (χ2n) is 6.15. The van der Waals surface area contributed by atoms with E-state index in [-0.39, 0.29) is 17.6 Å². The molecule has 1 aliphatic rings. The molecular weight excluding hydrogens is 407 g/mol. The number of oxazole rings is 1. The Labute approximate surface area is 178 Å². The number of anilines is 1. The fraction of sp³-hybridized carbons (Fsp3) is 0.318. The molecule has 0 amide bonds. The van der Waals surface area contributed by atoms with Gasteiger partial charge in [0.15, 0.2) is 15.6 Å². The number of sulfone groups is 1. The number of ether oxygens (including phenoxy) is 1. The number of aromatic nitrogens is 1. The van der Waals surface area contributed by atoms with Gasteiger partial charge in [0, 0.05) is 11.8 Å². The Morgan fingerprint density at radius 1 is 1.40 bits per heavy atom. The zero-order valence-electron chi connectivity index (χ0n) is 18.0. The van der Waals surface area contributed by atoms with Gasteiger partial charge >= 0.3 is 0 Å². The number of nitrogens with one attached hydrogen (secondary N) is 1. The summed E-state index contributed by atoms with van der Waals surface area (Å²) in [6, 6.07) is 0.184. The van der Waals surface area contributed by atoms with Crippen LogP contribution >= 0.6 is 0 Å². The summed E-state index contributed by atoms with van der Waals surface area (Å²) in [4.78, 5) is 4.19. The maximum absolute atomic E-state index is 13.3. The molecule has 164 valence electrons. The molecule has 0 atom stereocenters. The van der Waals surface area contributed by atoms with E-state index in [1.807, 2.05) is 13.8 Å². The van der Waals surface area contributed by atoms with E-state index >= 15 is 0 Å². The number of hydrogen-bond acceptors (Lipinski definition) is 6. The molecule has 0 saturated carbocycles. The third-order valence-corrected chi connectivity index (χ3v) is 4.56. The Hall–Kier alpha value is -2.87. The van der Waals surface area contributed by atoms with Crippen molar-refractivity contribution in [3.8, 4) is 0 Å². The summed E-state index contributed by atoms with van der Waals surface area (Å²) in [7, 11) is -1.73. The number of nitrogens with zero attached hydrogens (tertiary/aromatic N) is 1. The quantitative estimate of drug-likeness (QED) is 0.437. The van der Waals surface area contributed by atoms with Crippen LogP contribution in [-0.4, -0.2) is 32.5 Å². The molecular formula is C22H29FN2O4S. The molecule has 1 aromatic rings. The van der Waals surface area contributed by atoms with Crippen molar-refractivity contribution in [2.75, 3.05) is 24.4 Å². The van der Waals surface area contributed by atoms with E-state index in [0.717, 1.165) is 11.8 Å². The van der Waals surface area contributed by atoms with Crippen molar-refractivity contribution in [3.05, 3.63) is 77.8 Å². The number of hydrogen-bond donors (Lipinski definition) is 1. The van der Waals surface area contributed by atoms with Gasteiger partial charge in [-0.1, -0.05) is 32.6 Å². The normalized spacial score (nSPS) is 14.7. The Bertz CT molecular complexity index is 996. The molecule has 0 saturated heterocycles. The van der Waals surface area contributed by atoms with E-state index in [1.165, 1.54) is 25.5 Å². The van der Waals surface area contributed by atoms with Gasteiger partial charge in [-0.15, -0.1) is 0 Å². The summed E-state index contributed by atoms with van der Waals surface area (Å²) in [6.07, 6.45) is 12.5. The van der Waals surface area contributed by atoms with E-state index < -0.39 is 9.84 Å². The van der Waals surface area contributed by atoms with E-state index in [1.54, 1.807) is 31.2 Å². The third kappa shape index (κ3) is 8.24. The first-order chi connectivity index (χ1) is 14.2. The predicted octanol–water partition coefficient (Wildman–Crippen LogP) is 5.34. The summed E-state index contributed by atoms with van der Waals surface area (Å²) >= 11 is 0. The zero-order chi connectivity index (χ0) is 22.7. The molecule has 1 heterocycles. The number of allylic oxidation sites excluding steroid dienone is 8. The minimum Gasteiger partial charge on any atom is -0.495 e. The largest absolute Gasteiger partial charge is 0.495 e. The molecule has 0 aliphatic heterocycles. The molecule has 6 nitrogen and oxygen atoms in total. The Balaban J connectivity index is 0.00000218. The highest BCUT2D eigenvalue weighted by atomic mass is 32.2. The van der Waals surface area contributed by atoms with Gasteiger partial charge in [-0.3, -0.25) is 0 Å². The Kier molecular flexibility index (Phi) is 10.0. The second kappa shape index (κ2) is 12.0. The van der Waals surface area contributed by atoms with Crippen molar-refractivity contribution in [3.63, 3.8) is 0 Å². The van der Waals surface area contributed by atoms with Crippen LogP contribution in [0, 0.1) is 0 Å². The second-order valence-corrected chi connectivity index (χ2v) is 8.29. The SMILES string of the molecule is C=C(/C=C(Nc1ncc(C2=CC=C(F)C=CC2)o1)\C(=C/C)OC)CS(C)(=O)=O.CC. The molecule has 1 N–H and O–H groups in total. The van der Waals surface area contributed by atoms with Crippen molar-refractivity contribution < 1.29 is 22.0 Å². The van der Waals surface area contributed by atoms with Gasteiger partial charge in [0.05, 0.1) is 24.8 Å². The van der Waals surface area contributed by atoms with Gasteiger partial charge in [-0.25, -0.2) is 17.8 Å². The van der Waals surface area contributed by atoms with Gasteiger partial charge in [0.2, 0.25) is 0 Å². The average molecular weight is 437 g/mol. The topological polar surface area (TPSA) is 81.4 Å². The average Bonchev–Trinajstić information content (AvgIpc) is 3.03. The number of methoxy groups -OCH3 is 1. The molecule has 0 bridgehead atoms. The van der Waals surface area contributed by atoms with Crippen LogP contribution in [0.15, 0.2) is 76.5 Å². The first kappa shape index (κ1) is 25.2. The summed E-state index contributed by atoms with van der Waals surface area (Å²) < 4.78 is 47.3. The Morgan fingerprint density at radius 2 is 2.10 bits per heavy atom. The summed E-state index contributed by atoms with van der Waals surface area (Å²) in [5.41, 5.74) is 1.60. The smallest absolute Gasteiger partial charge is 0.299 e. The van der Waals surface area contributed by atoms with Crippen LogP contribution in [0.4, 0.5) is 10.4 Å². The molecule has 0 spiro atoms. The first-order valence-corrected chi connectivity index (χ1v) is 11.5. The van der Waals surface area contributed by atoms with E-state index in [2.05, 4.69) is 16.9 Å². The Morgan fingerprint density at radius 3 is 2.70 bits per heavy atom. The van der Waals surface area contributed by atoms with Crippen LogP contribution in [0.5, 0.6) is 0 Å². The monoisotopic (exact) mass is 436 g/mol. The standard InChI is InChI=1S/C20H23FN2O4S.C2H6/c1-5-18(26-3)17(11-14(2)13-28(4,24)25)23-20-22-12-19(27-20)15-7-6-8-16(21)10-9-15;1-2/h5-6,8-12H,2,7,13H2,1,3-4H3,(H,22,23);1-2H3/b17-11+,18-5+;. The highest BCUT2D eigenvalue weighted by Crippen LogP contribution is 2.26. The van der Waals surface area contributed by atoms with Crippen LogP contribution < -0.4 is 5.32 Å². The first-order valence-electron chi connectivity index (χ1n) is 9.46. The van der Waals surface area contributed by atoms with Crippen LogP contribution in [0.1, 0.15) is 33.0 Å². The molecule has 1 aliphatic carbocycles. The lowest BCUT2D eigenvalue weighted by molar-refractivity contribution is 0.300. The fourth-order valence-corrected chi connectivity index (χ4v) is 3.27. The molecule has 0 radical (unpaired) electrons. The molecule has 1 aromatic heterocycles. The van der Waals surface area contributed by atoms with E-state index in [4.69, 9.17) is 9.15 Å². The maximum atomic E-state index is 13.3. The molecule has 0 aromatic carbocycles. The van der Waals surface area contributed by atoms with Gasteiger partial charge in [-0.05, 0) is 43.2 Å². The van der Waals surface area contributed by atoms with Crippen LogP contribution in [-0.2, 0) is 14.6 Å². The zero-order valence-corrected chi connectivity index (χ0v) is 18.8. The van der Waals surface area contributed by atoms with E-state index in [0.29, 0.717) is 29.2 Å². The van der Waals surface area contributed by atoms with E-state index in [9.17, 15) is 12.8 Å². The van der Waals surface area contributed by atoms with Gasteiger partial charge in [-0.2, -0.15) is 0 Å². The molecule has 2 rings (SSSR count).